The molecule has 24 heavy (non-hydrogen) atoms. The molecule has 2 aromatic heterocycles. The molecule has 0 spiro atoms. The molecule has 0 saturated heterocycles. The third kappa shape index (κ3) is 3.48. The van der Waals surface area contributed by atoms with Crippen LogP contribution in [0, 0.1) is 13.8 Å². The largest absolute Gasteiger partial charge is 0.467 e. The van der Waals surface area contributed by atoms with Crippen molar-refractivity contribution in [3.63, 3.8) is 0 Å². The summed E-state index contributed by atoms with van der Waals surface area (Å²) in [5.41, 5.74) is 3.60. The summed E-state index contributed by atoms with van der Waals surface area (Å²) in [4.78, 5) is 27.1. The second-order valence-corrected chi connectivity index (χ2v) is 5.76. The monoisotopic (exact) mass is 325 g/mol. The van der Waals surface area contributed by atoms with Gasteiger partial charge in [-0.1, -0.05) is 6.07 Å². The van der Waals surface area contributed by atoms with Crippen LogP contribution in [0.25, 0.3) is 10.9 Å². The van der Waals surface area contributed by atoms with Crippen molar-refractivity contribution < 1.29 is 14.0 Å². The number of furan rings is 1. The normalized spacial score (nSPS) is 10.8. The van der Waals surface area contributed by atoms with Crippen molar-refractivity contribution in [2.45, 2.75) is 20.4 Å². The van der Waals surface area contributed by atoms with Crippen LogP contribution in [-0.4, -0.2) is 23.3 Å². The molecular weight excluding hydrogens is 306 g/mol. The summed E-state index contributed by atoms with van der Waals surface area (Å²) in [7, 11) is 0. The van der Waals surface area contributed by atoms with E-state index in [1.807, 2.05) is 19.9 Å². The Balaban J connectivity index is 1.58. The van der Waals surface area contributed by atoms with Gasteiger partial charge in [-0.25, -0.2) is 0 Å². The van der Waals surface area contributed by atoms with Crippen LogP contribution in [-0.2, 0) is 11.3 Å². The summed E-state index contributed by atoms with van der Waals surface area (Å²) in [6.07, 6.45) is 1.54. The fourth-order valence-corrected chi connectivity index (χ4v) is 2.64. The summed E-state index contributed by atoms with van der Waals surface area (Å²) in [6, 6.07) is 9.39. The summed E-state index contributed by atoms with van der Waals surface area (Å²) in [5, 5.41) is 6.30. The minimum absolute atomic E-state index is 0.0904. The topological polar surface area (TPSA) is 87.1 Å². The molecule has 0 aliphatic heterocycles. The molecule has 0 aliphatic rings. The molecular formula is C18H19N3O3. The Bertz CT molecular complexity index is 878. The number of H-pyrrole nitrogens is 1. The number of aryl methyl sites for hydroxylation is 2. The molecule has 0 radical (unpaired) electrons. The van der Waals surface area contributed by atoms with Crippen LogP contribution >= 0.6 is 0 Å². The van der Waals surface area contributed by atoms with Crippen molar-refractivity contribution in [1.82, 2.24) is 15.6 Å². The maximum absolute atomic E-state index is 12.2. The van der Waals surface area contributed by atoms with Gasteiger partial charge in [0, 0.05) is 10.9 Å². The lowest BCUT2D eigenvalue weighted by atomic mass is 10.1. The van der Waals surface area contributed by atoms with Gasteiger partial charge in [0.15, 0.2) is 0 Å². The van der Waals surface area contributed by atoms with Gasteiger partial charge in [-0.2, -0.15) is 0 Å². The number of carbonyl (C=O) groups is 2. The van der Waals surface area contributed by atoms with E-state index in [-0.39, 0.29) is 18.4 Å². The quantitative estimate of drug-likeness (QED) is 0.673. The van der Waals surface area contributed by atoms with Crippen LogP contribution in [0.15, 0.2) is 41.0 Å². The SMILES string of the molecule is Cc1cc(C)c2cc(C(=O)NCC(=O)NCc3ccco3)[nH]c2c1. The number of carbonyl (C=O) groups excluding carboxylic acids is 2. The van der Waals surface area contributed by atoms with Gasteiger partial charge in [0.05, 0.1) is 19.4 Å². The van der Waals surface area contributed by atoms with E-state index in [1.54, 1.807) is 24.5 Å². The minimum Gasteiger partial charge on any atom is -0.467 e. The Kier molecular flexibility index (Phi) is 4.37. The fraction of sp³-hybridized carbons (Fsp3) is 0.222. The predicted octanol–water partition coefficient (Wildman–Crippen LogP) is 2.42. The highest BCUT2D eigenvalue weighted by atomic mass is 16.3. The van der Waals surface area contributed by atoms with E-state index >= 15 is 0 Å². The molecule has 1 aromatic carbocycles. The Morgan fingerprint density at radius 1 is 1.17 bits per heavy atom. The summed E-state index contributed by atoms with van der Waals surface area (Å²) in [6.45, 7) is 4.23. The van der Waals surface area contributed by atoms with Gasteiger partial charge in [-0.3, -0.25) is 9.59 Å². The number of rotatable bonds is 5. The molecule has 2 heterocycles. The highest BCUT2D eigenvalue weighted by molar-refractivity contribution is 6.00. The minimum atomic E-state index is -0.309. The Labute approximate surface area is 139 Å². The van der Waals surface area contributed by atoms with Crippen molar-refractivity contribution in [2.24, 2.45) is 0 Å². The average molecular weight is 325 g/mol. The lowest BCUT2D eigenvalue weighted by molar-refractivity contribution is -0.120. The predicted molar refractivity (Wildman–Crippen MR) is 90.7 cm³/mol. The molecule has 0 atom stereocenters. The standard InChI is InChI=1S/C18H19N3O3/c1-11-6-12(2)14-8-16(21-15(14)7-11)18(23)20-10-17(22)19-9-13-4-3-5-24-13/h3-8,21H,9-10H2,1-2H3,(H,19,22)(H,20,23). The number of aromatic amines is 1. The number of nitrogens with one attached hydrogen (secondary N) is 3. The Hall–Kier alpha value is -3.02. The number of benzene rings is 1. The highest BCUT2D eigenvalue weighted by Gasteiger charge is 2.12. The molecule has 6 heteroatoms. The first-order chi connectivity index (χ1) is 11.5. The molecule has 0 saturated carbocycles. The second kappa shape index (κ2) is 6.62. The summed E-state index contributed by atoms with van der Waals surface area (Å²) >= 11 is 0. The molecule has 0 unspecified atom stereocenters. The molecule has 0 aliphatic carbocycles. The Morgan fingerprint density at radius 3 is 2.75 bits per heavy atom. The fourth-order valence-electron chi connectivity index (χ4n) is 2.64. The van der Waals surface area contributed by atoms with E-state index in [4.69, 9.17) is 4.42 Å². The van der Waals surface area contributed by atoms with E-state index in [2.05, 4.69) is 21.7 Å². The van der Waals surface area contributed by atoms with Crippen molar-refractivity contribution in [3.8, 4) is 0 Å². The van der Waals surface area contributed by atoms with Crippen LogP contribution in [0.3, 0.4) is 0 Å². The van der Waals surface area contributed by atoms with Crippen molar-refractivity contribution in [2.75, 3.05) is 6.54 Å². The van der Waals surface area contributed by atoms with Crippen LogP contribution in [0.1, 0.15) is 27.4 Å². The number of hydrogen-bond donors (Lipinski definition) is 3. The summed E-state index contributed by atoms with van der Waals surface area (Å²) < 4.78 is 5.13. The van der Waals surface area contributed by atoms with Gasteiger partial charge in [0.25, 0.3) is 5.91 Å². The zero-order valence-electron chi connectivity index (χ0n) is 13.6. The molecule has 2 amide bonds. The van der Waals surface area contributed by atoms with E-state index in [0.29, 0.717) is 18.0 Å². The van der Waals surface area contributed by atoms with Crippen LogP contribution in [0.2, 0.25) is 0 Å². The van der Waals surface area contributed by atoms with Crippen molar-refractivity contribution in [3.05, 3.63) is 59.2 Å². The zero-order valence-corrected chi connectivity index (χ0v) is 13.6. The van der Waals surface area contributed by atoms with E-state index in [1.165, 1.54) is 0 Å². The van der Waals surface area contributed by atoms with Crippen molar-refractivity contribution in [1.29, 1.82) is 0 Å². The first kappa shape index (κ1) is 15.9. The number of aromatic nitrogens is 1. The summed E-state index contributed by atoms with van der Waals surface area (Å²) in [5.74, 6) is 0.0791. The molecule has 0 bridgehead atoms. The maximum atomic E-state index is 12.2. The third-order valence-corrected chi connectivity index (χ3v) is 3.78. The third-order valence-electron chi connectivity index (χ3n) is 3.78. The van der Waals surface area contributed by atoms with Gasteiger partial charge in [0.2, 0.25) is 5.91 Å². The van der Waals surface area contributed by atoms with Gasteiger partial charge in [0.1, 0.15) is 11.5 Å². The van der Waals surface area contributed by atoms with Crippen molar-refractivity contribution >= 4 is 22.7 Å². The highest BCUT2D eigenvalue weighted by Crippen LogP contribution is 2.21. The molecule has 3 aromatic rings. The zero-order chi connectivity index (χ0) is 17.1. The molecule has 124 valence electrons. The van der Waals surface area contributed by atoms with E-state index in [9.17, 15) is 9.59 Å². The molecule has 6 nitrogen and oxygen atoms in total. The van der Waals surface area contributed by atoms with Gasteiger partial charge >= 0.3 is 0 Å². The van der Waals surface area contributed by atoms with Gasteiger partial charge in [-0.05, 0) is 49.2 Å². The number of amides is 2. The number of hydrogen-bond acceptors (Lipinski definition) is 3. The van der Waals surface area contributed by atoms with Crippen LogP contribution < -0.4 is 10.6 Å². The van der Waals surface area contributed by atoms with Gasteiger partial charge < -0.3 is 20.0 Å². The van der Waals surface area contributed by atoms with E-state index in [0.717, 1.165) is 22.0 Å². The van der Waals surface area contributed by atoms with Crippen LogP contribution in [0.4, 0.5) is 0 Å². The lowest BCUT2D eigenvalue weighted by Gasteiger charge is -2.04. The van der Waals surface area contributed by atoms with Crippen LogP contribution in [0.5, 0.6) is 0 Å². The van der Waals surface area contributed by atoms with Gasteiger partial charge in [-0.15, -0.1) is 0 Å². The molecule has 3 rings (SSSR count). The second-order valence-electron chi connectivity index (χ2n) is 5.76. The average Bonchev–Trinajstić information content (AvgIpc) is 3.19. The Morgan fingerprint density at radius 2 is 2.00 bits per heavy atom. The first-order valence-corrected chi connectivity index (χ1v) is 7.70. The smallest absolute Gasteiger partial charge is 0.268 e. The molecule has 3 N–H and O–H groups in total. The number of fused-ring (bicyclic) bond motifs is 1. The molecule has 0 fully saturated rings. The maximum Gasteiger partial charge on any atom is 0.268 e. The first-order valence-electron chi connectivity index (χ1n) is 7.70. The van der Waals surface area contributed by atoms with E-state index < -0.39 is 0 Å². The lowest BCUT2D eigenvalue weighted by Crippen LogP contribution is -2.36.